The van der Waals surface area contributed by atoms with Crippen LogP contribution in [-0.2, 0) is 47.7 Å². The van der Waals surface area contributed by atoms with Gasteiger partial charge in [0.25, 0.3) is 5.91 Å². The van der Waals surface area contributed by atoms with E-state index >= 15 is 0 Å². The zero-order valence-electron chi connectivity index (χ0n) is 31.6. The molecule has 50 heavy (non-hydrogen) atoms. The summed E-state index contributed by atoms with van der Waals surface area (Å²) in [5.74, 6) is -5.76. The lowest BCUT2D eigenvalue weighted by Gasteiger charge is -2.47. The Hall–Kier alpha value is -2.65. The zero-order valence-corrected chi connectivity index (χ0v) is 31.6. The first-order valence-corrected chi connectivity index (χ1v) is 18.0. The van der Waals surface area contributed by atoms with Crippen molar-refractivity contribution in [1.82, 2.24) is 15.1 Å². The molecule has 0 aromatic carbocycles. The number of ether oxygens (including phenoxy) is 5. The van der Waals surface area contributed by atoms with Crippen LogP contribution in [-0.4, -0.2) is 133 Å². The summed E-state index contributed by atoms with van der Waals surface area (Å²) in [6, 6.07) is -0.903. The van der Waals surface area contributed by atoms with Crippen LogP contribution < -0.4 is 5.32 Å². The minimum absolute atomic E-state index is 0.0230. The molecule has 0 spiro atoms. The molecule has 1 saturated carbocycles. The summed E-state index contributed by atoms with van der Waals surface area (Å²) in [4.78, 5) is 71.3. The quantitative estimate of drug-likeness (QED) is 0.291. The van der Waals surface area contributed by atoms with Crippen molar-refractivity contribution < 1.29 is 52.8 Å². The largest absolute Gasteiger partial charge is 0.458 e. The second kappa shape index (κ2) is 15.5. The number of aliphatic hydroxyl groups is 1. The van der Waals surface area contributed by atoms with E-state index < -0.39 is 95.4 Å². The van der Waals surface area contributed by atoms with Gasteiger partial charge in [0.05, 0.1) is 18.1 Å². The van der Waals surface area contributed by atoms with E-state index in [-0.39, 0.29) is 37.1 Å². The van der Waals surface area contributed by atoms with Crippen molar-refractivity contribution >= 4 is 29.5 Å². The number of Topliss-reactive ketones (excluding diaryl/α,β-unsaturated/α-hetero) is 1. The molecule has 4 aliphatic rings. The number of nitrogens with zero attached hydrogens (tertiary/aromatic N) is 2. The Bertz CT molecular complexity index is 1290. The lowest BCUT2D eigenvalue weighted by molar-refractivity contribution is -0.294. The molecule has 14 heteroatoms. The Morgan fingerprint density at radius 1 is 1.06 bits per heavy atom. The maximum atomic E-state index is 14.2. The number of cyclic esters (lactones) is 1. The number of hydrogen-bond acceptors (Lipinski definition) is 12. The van der Waals surface area contributed by atoms with E-state index in [1.807, 2.05) is 4.90 Å². The van der Waals surface area contributed by atoms with E-state index in [0.717, 1.165) is 12.8 Å². The molecule has 0 aromatic heterocycles. The van der Waals surface area contributed by atoms with Crippen molar-refractivity contribution in [1.29, 1.82) is 0 Å². The summed E-state index contributed by atoms with van der Waals surface area (Å²) in [5.41, 5.74) is -2.57. The van der Waals surface area contributed by atoms with Crippen LogP contribution in [0.4, 0.5) is 0 Å². The van der Waals surface area contributed by atoms with E-state index in [9.17, 15) is 29.1 Å². The maximum absolute atomic E-state index is 14.2. The highest BCUT2D eigenvalue weighted by molar-refractivity contribution is 6.00. The van der Waals surface area contributed by atoms with Gasteiger partial charge >= 0.3 is 11.9 Å². The second-order valence-electron chi connectivity index (χ2n) is 15.6. The number of methoxy groups -OCH3 is 1. The fourth-order valence-corrected chi connectivity index (χ4v) is 8.14. The monoisotopic (exact) mass is 709 g/mol. The van der Waals surface area contributed by atoms with Gasteiger partial charge < -0.3 is 43.9 Å². The maximum Gasteiger partial charge on any atom is 0.316 e. The molecule has 13 atom stereocenters. The SMILES string of the molecule is CC[C@H]1OC(=O)C(C)C(=O)[C@H](C)[C@@H](OC2OC(C(=O)N(C)C3CC3)CC(N(C)C)C2O)[C@](C)(OC)C[C@@H](C)C(=O)N[C@H](C)[C@H]2CC(=O)O[C@@]21C. The summed E-state index contributed by atoms with van der Waals surface area (Å²) < 4.78 is 30.6. The molecule has 0 radical (unpaired) electrons. The summed E-state index contributed by atoms with van der Waals surface area (Å²) in [7, 11) is 6.78. The first kappa shape index (κ1) is 40.1. The van der Waals surface area contributed by atoms with E-state index in [1.165, 1.54) is 14.0 Å². The Morgan fingerprint density at radius 3 is 2.26 bits per heavy atom. The molecule has 4 fully saturated rings. The van der Waals surface area contributed by atoms with E-state index in [2.05, 4.69) is 5.32 Å². The van der Waals surface area contributed by atoms with Gasteiger partial charge in [0.1, 0.15) is 24.2 Å². The van der Waals surface area contributed by atoms with Gasteiger partial charge in [-0.25, -0.2) is 0 Å². The van der Waals surface area contributed by atoms with Crippen LogP contribution >= 0.6 is 0 Å². The third-order valence-electron chi connectivity index (χ3n) is 11.7. The Morgan fingerprint density at radius 2 is 1.70 bits per heavy atom. The van der Waals surface area contributed by atoms with Gasteiger partial charge in [0.15, 0.2) is 17.7 Å². The lowest BCUT2D eigenvalue weighted by Crippen LogP contribution is -2.61. The van der Waals surface area contributed by atoms with Gasteiger partial charge in [-0.15, -0.1) is 0 Å². The van der Waals surface area contributed by atoms with Gasteiger partial charge in [-0.05, 0) is 67.5 Å². The van der Waals surface area contributed by atoms with Gasteiger partial charge in [0, 0.05) is 56.5 Å². The minimum Gasteiger partial charge on any atom is -0.458 e. The van der Waals surface area contributed by atoms with Gasteiger partial charge in [0.2, 0.25) is 5.91 Å². The fourth-order valence-electron chi connectivity index (χ4n) is 8.14. The van der Waals surface area contributed by atoms with E-state index in [1.54, 1.807) is 67.6 Å². The van der Waals surface area contributed by atoms with Crippen molar-refractivity contribution in [3.05, 3.63) is 0 Å². The summed E-state index contributed by atoms with van der Waals surface area (Å²) >= 11 is 0. The predicted molar refractivity (Wildman–Crippen MR) is 180 cm³/mol. The number of ketones is 1. The molecule has 3 aliphatic heterocycles. The molecule has 0 aromatic rings. The Balaban J connectivity index is 1.73. The van der Waals surface area contributed by atoms with Gasteiger partial charge in [-0.2, -0.15) is 0 Å². The van der Waals surface area contributed by atoms with Crippen LogP contribution in [0.1, 0.15) is 87.0 Å². The van der Waals surface area contributed by atoms with Crippen molar-refractivity contribution in [3.63, 3.8) is 0 Å². The third kappa shape index (κ3) is 8.04. The van der Waals surface area contributed by atoms with Crippen LogP contribution in [0.3, 0.4) is 0 Å². The van der Waals surface area contributed by atoms with Gasteiger partial charge in [-0.1, -0.05) is 20.8 Å². The molecule has 5 unspecified atom stereocenters. The number of esters is 2. The van der Waals surface area contributed by atoms with Crippen LogP contribution in [0.25, 0.3) is 0 Å². The molecular formula is C36H59N3O11. The molecule has 2 amide bonds. The van der Waals surface area contributed by atoms with E-state index in [4.69, 9.17) is 23.7 Å². The van der Waals surface area contributed by atoms with Crippen molar-refractivity contribution in [3.8, 4) is 0 Å². The highest BCUT2D eigenvalue weighted by Gasteiger charge is 2.56. The summed E-state index contributed by atoms with van der Waals surface area (Å²) in [5, 5.41) is 14.6. The van der Waals surface area contributed by atoms with Crippen molar-refractivity contribution in [2.75, 3.05) is 28.3 Å². The number of carbonyl (C=O) groups is 5. The number of rotatable bonds is 7. The van der Waals surface area contributed by atoms with Crippen molar-refractivity contribution in [2.24, 2.45) is 23.7 Å². The fraction of sp³-hybridized carbons (Fsp3) is 0.861. The number of hydrogen-bond donors (Lipinski definition) is 2. The predicted octanol–water partition coefficient (Wildman–Crippen LogP) is 1.83. The Labute approximate surface area is 296 Å². The normalized spacial score (nSPS) is 42.1. The number of fused-ring (bicyclic) bond motifs is 1. The molecule has 2 N–H and O–H groups in total. The number of carbonyl (C=O) groups excluding carboxylic acids is 5. The second-order valence-corrected chi connectivity index (χ2v) is 15.6. The summed E-state index contributed by atoms with van der Waals surface area (Å²) in [6.45, 7) is 11.8. The molecule has 14 nitrogen and oxygen atoms in total. The molecule has 1 aliphatic carbocycles. The van der Waals surface area contributed by atoms with Crippen LogP contribution in [0.15, 0.2) is 0 Å². The average Bonchev–Trinajstić information content (AvgIpc) is 3.87. The molecule has 0 bridgehead atoms. The van der Waals surface area contributed by atoms with Crippen molar-refractivity contribution in [2.45, 2.75) is 147 Å². The standard InChI is InChI=1S/C36H59N3O11/c1-12-26-36(7)23(15-27(40)50-36)21(5)37-31(43)18(2)17-35(6,46-11)30(19(3)28(41)20(4)33(45)48-26)49-34-29(42)24(38(8)9)16-25(47-34)32(44)39(10)22-13-14-22/h18-26,29-30,34,42H,12-17H2,1-11H3,(H,37,43)/t18-,19+,20?,21-,23-,24?,25?,26-,29?,30-,34?,35-,36+/m1/s1. The first-order chi connectivity index (χ1) is 23.3. The Kier molecular flexibility index (Phi) is 12.5. The molecule has 3 saturated heterocycles. The highest BCUT2D eigenvalue weighted by Crippen LogP contribution is 2.42. The molecule has 284 valence electrons. The van der Waals surface area contributed by atoms with Crippen LogP contribution in [0.5, 0.6) is 0 Å². The third-order valence-corrected chi connectivity index (χ3v) is 11.7. The number of likely N-dealkylation sites (N-methyl/N-ethyl adjacent to an activating group) is 2. The van der Waals surface area contributed by atoms with Gasteiger partial charge in [-0.3, -0.25) is 24.0 Å². The topological polar surface area (TPSA) is 170 Å². The number of aliphatic hydroxyl groups excluding tert-OH is 1. The summed E-state index contributed by atoms with van der Waals surface area (Å²) in [6.07, 6.45) is -3.04. The average molecular weight is 710 g/mol. The lowest BCUT2D eigenvalue weighted by atomic mass is 9.78. The number of nitrogens with one attached hydrogen (secondary N) is 1. The minimum atomic E-state index is -1.35. The van der Waals surface area contributed by atoms with Crippen LogP contribution in [0, 0.1) is 23.7 Å². The first-order valence-electron chi connectivity index (χ1n) is 18.0. The smallest absolute Gasteiger partial charge is 0.316 e. The molecular weight excluding hydrogens is 650 g/mol. The highest BCUT2D eigenvalue weighted by atomic mass is 16.7. The molecule has 4 rings (SSSR count). The zero-order chi connectivity index (χ0) is 37.5. The van der Waals surface area contributed by atoms with E-state index in [0.29, 0.717) is 6.42 Å². The van der Waals surface area contributed by atoms with Crippen LogP contribution in [0.2, 0.25) is 0 Å². The molecule has 3 heterocycles. The number of amides is 2.